The molecule has 0 aliphatic heterocycles. The van der Waals surface area contributed by atoms with Crippen LogP contribution in [0.4, 0.5) is 4.39 Å². The van der Waals surface area contributed by atoms with Crippen molar-refractivity contribution in [1.29, 1.82) is 0 Å². The van der Waals surface area contributed by atoms with Gasteiger partial charge in [-0.2, -0.15) is 0 Å². The van der Waals surface area contributed by atoms with Crippen molar-refractivity contribution in [2.75, 3.05) is 0 Å². The van der Waals surface area contributed by atoms with E-state index in [-0.39, 0.29) is 0 Å². The number of rotatable bonds is 3. The second-order valence-electron chi connectivity index (χ2n) is 3.85. The molecule has 2 heteroatoms. The lowest BCUT2D eigenvalue weighted by molar-refractivity contribution is 0.151. The van der Waals surface area contributed by atoms with E-state index in [1.807, 2.05) is 18.2 Å². The summed E-state index contributed by atoms with van der Waals surface area (Å²) in [6.45, 7) is -0.424. The Kier molecular flexibility index (Phi) is 2.08. The molecule has 1 aromatic carbocycles. The Balaban J connectivity index is 2.11. The van der Waals surface area contributed by atoms with Crippen molar-refractivity contribution in [3.05, 3.63) is 35.4 Å². The van der Waals surface area contributed by atoms with Crippen molar-refractivity contribution in [2.24, 2.45) is 0 Å². The van der Waals surface area contributed by atoms with Crippen molar-refractivity contribution in [3.8, 4) is 0 Å². The highest BCUT2D eigenvalue weighted by Crippen LogP contribution is 2.38. The smallest absolute Gasteiger partial charge is 0.115 e. The predicted octanol–water partition coefficient (Wildman–Crippen LogP) is 2.22. The van der Waals surface area contributed by atoms with Gasteiger partial charge < -0.3 is 5.11 Å². The summed E-state index contributed by atoms with van der Waals surface area (Å²) in [6, 6.07) is 7.38. The van der Waals surface area contributed by atoms with Gasteiger partial charge in [-0.1, -0.05) is 24.3 Å². The first-order valence-corrected chi connectivity index (χ1v) is 4.58. The molecule has 1 N–H and O–H groups in total. The fourth-order valence-corrected chi connectivity index (χ4v) is 1.52. The van der Waals surface area contributed by atoms with Crippen LogP contribution in [0.15, 0.2) is 24.3 Å². The molecule has 0 radical (unpaired) electrons. The van der Waals surface area contributed by atoms with Gasteiger partial charge in [0.05, 0.1) is 5.60 Å². The Morgan fingerprint density at radius 1 is 1.31 bits per heavy atom. The van der Waals surface area contributed by atoms with E-state index in [2.05, 4.69) is 0 Å². The summed E-state index contributed by atoms with van der Waals surface area (Å²) in [4.78, 5) is 0. The summed E-state index contributed by atoms with van der Waals surface area (Å²) >= 11 is 0. The average molecular weight is 180 g/mol. The van der Waals surface area contributed by atoms with Gasteiger partial charge in [0.2, 0.25) is 0 Å². The lowest BCUT2D eigenvalue weighted by Crippen LogP contribution is -2.10. The molecule has 1 fully saturated rings. The molecule has 1 aliphatic carbocycles. The maximum Gasteiger partial charge on any atom is 0.115 e. The molecule has 0 bridgehead atoms. The van der Waals surface area contributed by atoms with E-state index in [1.54, 1.807) is 6.07 Å². The summed E-state index contributed by atoms with van der Waals surface area (Å²) < 4.78 is 12.3. The number of hydrogen-bond donors (Lipinski definition) is 1. The molecule has 0 atom stereocenters. The molecule has 1 saturated carbocycles. The Hall–Kier alpha value is -0.890. The van der Waals surface area contributed by atoms with Gasteiger partial charge in [0.25, 0.3) is 0 Å². The molecule has 0 heterocycles. The van der Waals surface area contributed by atoms with Crippen LogP contribution in [0.25, 0.3) is 0 Å². The fourth-order valence-electron chi connectivity index (χ4n) is 1.52. The topological polar surface area (TPSA) is 20.2 Å². The molecule has 0 saturated heterocycles. The Morgan fingerprint density at radius 2 is 2.00 bits per heavy atom. The SMILES string of the molecule is OC1(Cc2cccc(CF)c2)CC1. The van der Waals surface area contributed by atoms with Gasteiger partial charge in [-0.25, -0.2) is 4.39 Å². The van der Waals surface area contributed by atoms with Gasteiger partial charge in [-0.15, -0.1) is 0 Å². The molecule has 0 spiro atoms. The molecule has 1 aliphatic rings. The molecule has 0 unspecified atom stereocenters. The number of benzene rings is 1. The monoisotopic (exact) mass is 180 g/mol. The third kappa shape index (κ3) is 2.07. The second-order valence-corrected chi connectivity index (χ2v) is 3.85. The normalized spacial score (nSPS) is 18.6. The van der Waals surface area contributed by atoms with Crippen molar-refractivity contribution >= 4 is 0 Å². The van der Waals surface area contributed by atoms with Gasteiger partial charge in [-0.3, -0.25) is 0 Å². The number of hydrogen-bond acceptors (Lipinski definition) is 1. The minimum absolute atomic E-state index is 0.424. The van der Waals surface area contributed by atoms with Gasteiger partial charge in [0, 0.05) is 6.42 Å². The van der Waals surface area contributed by atoms with E-state index in [0.717, 1.165) is 18.4 Å². The van der Waals surface area contributed by atoms with Crippen molar-refractivity contribution in [3.63, 3.8) is 0 Å². The van der Waals surface area contributed by atoms with Gasteiger partial charge in [-0.05, 0) is 24.0 Å². The number of halogens is 1. The quantitative estimate of drug-likeness (QED) is 0.756. The summed E-state index contributed by atoms with van der Waals surface area (Å²) in [7, 11) is 0. The highest BCUT2D eigenvalue weighted by Gasteiger charge is 2.39. The van der Waals surface area contributed by atoms with E-state index in [9.17, 15) is 9.50 Å². The minimum atomic E-state index is -0.477. The van der Waals surface area contributed by atoms with E-state index >= 15 is 0 Å². The van der Waals surface area contributed by atoms with E-state index < -0.39 is 12.3 Å². The highest BCUT2D eigenvalue weighted by atomic mass is 19.1. The largest absolute Gasteiger partial charge is 0.390 e. The molecule has 2 rings (SSSR count). The van der Waals surface area contributed by atoms with E-state index in [1.165, 1.54) is 0 Å². The first-order valence-electron chi connectivity index (χ1n) is 4.58. The first kappa shape index (κ1) is 8.70. The molecule has 1 aromatic rings. The van der Waals surface area contributed by atoms with E-state index in [4.69, 9.17) is 0 Å². The minimum Gasteiger partial charge on any atom is -0.390 e. The predicted molar refractivity (Wildman–Crippen MR) is 49.1 cm³/mol. The molecular formula is C11H13FO. The van der Waals surface area contributed by atoms with E-state index in [0.29, 0.717) is 12.0 Å². The molecule has 1 nitrogen and oxygen atoms in total. The first-order chi connectivity index (χ1) is 6.22. The van der Waals surface area contributed by atoms with Crippen LogP contribution in [0.2, 0.25) is 0 Å². The van der Waals surface area contributed by atoms with Crippen LogP contribution < -0.4 is 0 Å². The number of aliphatic hydroxyl groups is 1. The zero-order chi connectivity index (χ0) is 9.31. The molecular weight excluding hydrogens is 167 g/mol. The van der Waals surface area contributed by atoms with Gasteiger partial charge in [0.15, 0.2) is 0 Å². The average Bonchev–Trinajstić information content (AvgIpc) is 2.84. The third-order valence-electron chi connectivity index (χ3n) is 2.51. The van der Waals surface area contributed by atoms with Crippen molar-refractivity contribution in [2.45, 2.75) is 31.5 Å². The maximum atomic E-state index is 12.3. The molecule has 70 valence electrons. The molecule has 13 heavy (non-hydrogen) atoms. The highest BCUT2D eigenvalue weighted by molar-refractivity contribution is 5.25. The van der Waals surface area contributed by atoms with Crippen LogP contribution in [-0.4, -0.2) is 10.7 Å². The maximum absolute atomic E-state index is 12.3. The molecule has 0 amide bonds. The third-order valence-corrected chi connectivity index (χ3v) is 2.51. The van der Waals surface area contributed by atoms with Crippen LogP contribution in [0, 0.1) is 0 Å². The summed E-state index contributed by atoms with van der Waals surface area (Å²) in [5.41, 5.74) is 1.26. The summed E-state index contributed by atoms with van der Waals surface area (Å²) in [6.07, 6.45) is 2.43. The van der Waals surface area contributed by atoms with Crippen LogP contribution in [0.3, 0.4) is 0 Å². The fraction of sp³-hybridized carbons (Fsp3) is 0.455. The number of alkyl halides is 1. The van der Waals surface area contributed by atoms with Crippen molar-refractivity contribution in [1.82, 2.24) is 0 Å². The standard InChI is InChI=1S/C11H13FO/c12-8-10-3-1-2-9(6-10)7-11(13)4-5-11/h1-3,6,13H,4-5,7-8H2. The second kappa shape index (κ2) is 3.11. The lowest BCUT2D eigenvalue weighted by Gasteiger charge is -2.07. The zero-order valence-corrected chi connectivity index (χ0v) is 7.46. The van der Waals surface area contributed by atoms with Crippen molar-refractivity contribution < 1.29 is 9.50 Å². The zero-order valence-electron chi connectivity index (χ0n) is 7.46. The Bertz CT molecular complexity index is 305. The Labute approximate surface area is 77.2 Å². The molecule has 0 aromatic heterocycles. The van der Waals surface area contributed by atoms with Crippen LogP contribution >= 0.6 is 0 Å². The Morgan fingerprint density at radius 3 is 2.62 bits per heavy atom. The van der Waals surface area contributed by atoms with Crippen LogP contribution in [0.1, 0.15) is 24.0 Å². The lowest BCUT2D eigenvalue weighted by atomic mass is 10.0. The van der Waals surface area contributed by atoms with Crippen LogP contribution in [0.5, 0.6) is 0 Å². The van der Waals surface area contributed by atoms with Gasteiger partial charge in [0.1, 0.15) is 6.67 Å². The van der Waals surface area contributed by atoms with Crippen LogP contribution in [-0.2, 0) is 13.1 Å². The van der Waals surface area contributed by atoms with Gasteiger partial charge >= 0.3 is 0 Å². The summed E-state index contributed by atoms with van der Waals surface area (Å²) in [5, 5.41) is 9.65. The summed E-state index contributed by atoms with van der Waals surface area (Å²) in [5.74, 6) is 0.